The number of likely N-dealkylation sites (tertiary alicyclic amines) is 1. The lowest BCUT2D eigenvalue weighted by atomic mass is 10.1. The van der Waals surface area contributed by atoms with Crippen LogP contribution in [0, 0.1) is 6.92 Å². The summed E-state index contributed by atoms with van der Waals surface area (Å²) in [5, 5.41) is 0. The summed E-state index contributed by atoms with van der Waals surface area (Å²) in [6.07, 6.45) is 2.51. The first kappa shape index (κ1) is 19.9. The van der Waals surface area contributed by atoms with Crippen molar-refractivity contribution in [1.82, 2.24) is 4.90 Å². The first-order valence-corrected chi connectivity index (χ1v) is 9.92. The Labute approximate surface area is 166 Å². The molecular formula is C23H28N2O3. The van der Waals surface area contributed by atoms with Gasteiger partial charge in [0.1, 0.15) is 12.3 Å². The number of anilines is 1. The maximum absolute atomic E-state index is 13.2. The van der Waals surface area contributed by atoms with E-state index >= 15 is 0 Å². The molecule has 1 fully saturated rings. The third kappa shape index (κ3) is 5.12. The molecule has 28 heavy (non-hydrogen) atoms. The van der Waals surface area contributed by atoms with Crippen LogP contribution in [0.3, 0.4) is 0 Å². The van der Waals surface area contributed by atoms with E-state index in [2.05, 4.69) is 0 Å². The SMILES string of the molecule is Cc1ccc(N(CC(=O)N2CCCCC2)C(=O)C(C)Oc2ccccc2)cc1. The molecule has 0 N–H and O–H groups in total. The normalized spacial score (nSPS) is 15.0. The Morgan fingerprint density at radius 3 is 2.29 bits per heavy atom. The highest BCUT2D eigenvalue weighted by molar-refractivity contribution is 6.01. The van der Waals surface area contributed by atoms with Gasteiger partial charge in [-0.1, -0.05) is 35.9 Å². The number of rotatable bonds is 6. The van der Waals surface area contributed by atoms with Gasteiger partial charge in [-0.3, -0.25) is 14.5 Å². The Morgan fingerprint density at radius 1 is 1.00 bits per heavy atom. The van der Waals surface area contributed by atoms with Crippen LogP contribution >= 0.6 is 0 Å². The fourth-order valence-corrected chi connectivity index (χ4v) is 3.37. The van der Waals surface area contributed by atoms with Gasteiger partial charge in [-0.25, -0.2) is 0 Å². The number of ether oxygens (including phenoxy) is 1. The van der Waals surface area contributed by atoms with E-state index in [0.29, 0.717) is 11.4 Å². The smallest absolute Gasteiger partial charge is 0.268 e. The van der Waals surface area contributed by atoms with Crippen molar-refractivity contribution in [3.63, 3.8) is 0 Å². The molecule has 3 rings (SSSR count). The highest BCUT2D eigenvalue weighted by atomic mass is 16.5. The van der Waals surface area contributed by atoms with Crippen molar-refractivity contribution >= 4 is 17.5 Å². The molecule has 1 saturated heterocycles. The molecule has 2 aromatic carbocycles. The Kier molecular flexibility index (Phi) is 6.69. The average Bonchev–Trinajstić information content (AvgIpc) is 2.73. The second-order valence-corrected chi connectivity index (χ2v) is 7.27. The van der Waals surface area contributed by atoms with Gasteiger partial charge in [0.2, 0.25) is 5.91 Å². The molecule has 0 radical (unpaired) electrons. The van der Waals surface area contributed by atoms with Crippen LogP contribution in [0.2, 0.25) is 0 Å². The van der Waals surface area contributed by atoms with Crippen molar-refractivity contribution in [2.24, 2.45) is 0 Å². The number of aryl methyl sites for hydroxylation is 1. The number of amides is 2. The average molecular weight is 380 g/mol. The molecule has 0 aliphatic carbocycles. The van der Waals surface area contributed by atoms with Crippen LogP contribution in [0.15, 0.2) is 54.6 Å². The molecule has 0 saturated carbocycles. The van der Waals surface area contributed by atoms with Crippen LogP contribution in [-0.4, -0.2) is 42.5 Å². The lowest BCUT2D eigenvalue weighted by molar-refractivity contribution is -0.133. The van der Waals surface area contributed by atoms with Gasteiger partial charge in [-0.2, -0.15) is 0 Å². The number of benzene rings is 2. The second-order valence-electron chi connectivity index (χ2n) is 7.27. The van der Waals surface area contributed by atoms with Gasteiger partial charge in [-0.05, 0) is 57.4 Å². The maximum atomic E-state index is 13.2. The van der Waals surface area contributed by atoms with Gasteiger partial charge in [-0.15, -0.1) is 0 Å². The zero-order chi connectivity index (χ0) is 19.9. The summed E-state index contributed by atoms with van der Waals surface area (Å²) in [6.45, 7) is 5.29. The van der Waals surface area contributed by atoms with Gasteiger partial charge in [0.25, 0.3) is 5.91 Å². The minimum Gasteiger partial charge on any atom is -0.481 e. The monoisotopic (exact) mass is 380 g/mol. The largest absolute Gasteiger partial charge is 0.481 e. The summed E-state index contributed by atoms with van der Waals surface area (Å²) in [5.74, 6) is 0.396. The van der Waals surface area contributed by atoms with Crippen molar-refractivity contribution in [3.05, 3.63) is 60.2 Å². The molecule has 5 nitrogen and oxygen atoms in total. The summed E-state index contributed by atoms with van der Waals surface area (Å²) >= 11 is 0. The zero-order valence-corrected chi connectivity index (χ0v) is 16.6. The Hall–Kier alpha value is -2.82. The zero-order valence-electron chi connectivity index (χ0n) is 16.6. The van der Waals surface area contributed by atoms with Gasteiger partial charge in [0.05, 0.1) is 0 Å². The van der Waals surface area contributed by atoms with Gasteiger partial charge < -0.3 is 9.64 Å². The van der Waals surface area contributed by atoms with Crippen molar-refractivity contribution in [1.29, 1.82) is 0 Å². The standard InChI is InChI=1S/C23H28N2O3/c1-18-11-13-20(14-12-18)25(17-22(26)24-15-7-4-8-16-24)23(27)19(2)28-21-9-5-3-6-10-21/h3,5-6,9-14,19H,4,7-8,15-17H2,1-2H3. The number of nitrogens with zero attached hydrogens (tertiary/aromatic N) is 2. The van der Waals surface area contributed by atoms with Crippen LogP contribution < -0.4 is 9.64 Å². The molecule has 148 valence electrons. The molecule has 1 aliphatic heterocycles. The Bertz CT molecular complexity index is 783. The highest BCUT2D eigenvalue weighted by Gasteiger charge is 2.28. The second kappa shape index (κ2) is 9.40. The number of para-hydroxylation sites is 1. The molecule has 1 heterocycles. The lowest BCUT2D eigenvalue weighted by Crippen LogP contribution is -2.48. The van der Waals surface area contributed by atoms with Crippen LogP contribution in [0.4, 0.5) is 5.69 Å². The fraction of sp³-hybridized carbons (Fsp3) is 0.391. The van der Waals surface area contributed by atoms with Gasteiger partial charge in [0, 0.05) is 18.8 Å². The van der Waals surface area contributed by atoms with E-state index in [0.717, 1.165) is 37.9 Å². The Morgan fingerprint density at radius 2 is 1.64 bits per heavy atom. The van der Waals surface area contributed by atoms with Crippen molar-refractivity contribution < 1.29 is 14.3 Å². The molecule has 0 spiro atoms. The molecule has 0 aromatic heterocycles. The molecule has 1 aliphatic rings. The van der Waals surface area contributed by atoms with Gasteiger partial charge >= 0.3 is 0 Å². The summed E-state index contributed by atoms with van der Waals surface area (Å²) in [4.78, 5) is 29.4. The molecule has 2 aromatic rings. The maximum Gasteiger partial charge on any atom is 0.268 e. The predicted octanol–water partition coefficient (Wildman–Crippen LogP) is 3.81. The van der Waals surface area contributed by atoms with Crippen LogP contribution in [0.1, 0.15) is 31.7 Å². The molecule has 2 amide bonds. The van der Waals surface area contributed by atoms with Crippen molar-refractivity contribution in [3.8, 4) is 5.75 Å². The minimum absolute atomic E-state index is 0.0134. The van der Waals surface area contributed by atoms with Gasteiger partial charge in [0.15, 0.2) is 6.10 Å². The molecule has 0 bridgehead atoms. The van der Waals surface area contributed by atoms with E-state index in [4.69, 9.17) is 4.74 Å². The van der Waals surface area contributed by atoms with E-state index < -0.39 is 6.10 Å². The summed E-state index contributed by atoms with van der Waals surface area (Å²) < 4.78 is 5.81. The van der Waals surface area contributed by atoms with Crippen LogP contribution in [0.5, 0.6) is 5.75 Å². The molecule has 1 unspecified atom stereocenters. The summed E-state index contributed by atoms with van der Waals surface area (Å²) in [5.41, 5.74) is 1.82. The van der Waals surface area contributed by atoms with E-state index in [1.54, 1.807) is 11.8 Å². The fourth-order valence-electron chi connectivity index (χ4n) is 3.37. The third-order valence-corrected chi connectivity index (χ3v) is 5.02. The number of piperidine rings is 1. The first-order valence-electron chi connectivity index (χ1n) is 9.92. The van der Waals surface area contributed by atoms with E-state index in [-0.39, 0.29) is 18.4 Å². The number of carbonyl (C=O) groups is 2. The van der Waals surface area contributed by atoms with E-state index in [1.807, 2.05) is 66.4 Å². The lowest BCUT2D eigenvalue weighted by Gasteiger charge is -2.31. The van der Waals surface area contributed by atoms with E-state index in [9.17, 15) is 9.59 Å². The Balaban J connectivity index is 1.77. The predicted molar refractivity (Wildman–Crippen MR) is 110 cm³/mol. The molecule has 5 heteroatoms. The van der Waals surface area contributed by atoms with Crippen molar-refractivity contribution in [2.75, 3.05) is 24.5 Å². The summed E-state index contributed by atoms with van der Waals surface area (Å²) in [6, 6.07) is 16.9. The van der Waals surface area contributed by atoms with Crippen LogP contribution in [-0.2, 0) is 9.59 Å². The number of hydrogen-bond acceptors (Lipinski definition) is 3. The molecule has 1 atom stereocenters. The number of carbonyl (C=O) groups excluding carboxylic acids is 2. The third-order valence-electron chi connectivity index (χ3n) is 5.02. The first-order chi connectivity index (χ1) is 13.5. The highest BCUT2D eigenvalue weighted by Crippen LogP contribution is 2.20. The number of hydrogen-bond donors (Lipinski definition) is 0. The quantitative estimate of drug-likeness (QED) is 0.766. The van der Waals surface area contributed by atoms with Crippen molar-refractivity contribution in [2.45, 2.75) is 39.2 Å². The topological polar surface area (TPSA) is 49.9 Å². The minimum atomic E-state index is -0.696. The van der Waals surface area contributed by atoms with E-state index in [1.165, 1.54) is 0 Å². The van der Waals surface area contributed by atoms with Crippen LogP contribution in [0.25, 0.3) is 0 Å². The molecular weight excluding hydrogens is 352 g/mol. The summed E-state index contributed by atoms with van der Waals surface area (Å²) in [7, 11) is 0.